The van der Waals surface area contributed by atoms with Crippen LogP contribution in [-0.2, 0) is 18.3 Å². The number of amides is 1. The fourth-order valence-electron chi connectivity index (χ4n) is 4.80. The molecule has 2 aliphatic rings. The first-order valence-electron chi connectivity index (χ1n) is 11.8. The van der Waals surface area contributed by atoms with Crippen LogP contribution in [0.5, 0.6) is 0 Å². The average Bonchev–Trinajstić information content (AvgIpc) is 3.35. The van der Waals surface area contributed by atoms with Crippen LogP contribution in [0.4, 0.5) is 4.79 Å². The van der Waals surface area contributed by atoms with Crippen LogP contribution in [0.3, 0.4) is 0 Å². The highest BCUT2D eigenvalue weighted by Crippen LogP contribution is 2.35. The zero-order valence-corrected chi connectivity index (χ0v) is 20.2. The second kappa shape index (κ2) is 8.34. The first-order chi connectivity index (χ1) is 16.2. The Bertz CT molecular complexity index is 1290. The lowest BCUT2D eigenvalue weighted by Gasteiger charge is -2.43. The van der Waals surface area contributed by atoms with Crippen LogP contribution in [0, 0.1) is 5.41 Å². The third-order valence-corrected chi connectivity index (χ3v) is 6.53. The lowest BCUT2D eigenvalue weighted by molar-refractivity contribution is -0.672. The first kappa shape index (κ1) is 22.3. The van der Waals surface area contributed by atoms with Crippen molar-refractivity contribution in [1.29, 1.82) is 5.41 Å². The standard InChI is InChI=1S/C26H31N5O3/c1-26(2,3)34-25(32)28-24(27)18-13-20(33-16-18)15-31-12-8-21-22(31)9-10-29(4)23(21)17-5-6-19-7-11-30(19)14-17/h8-10,12-14,16,19H,5-7,11,15H2,1-4H3,(H-,27,28,32)/p+1. The van der Waals surface area contributed by atoms with Crippen molar-refractivity contribution in [3.8, 4) is 0 Å². The molecule has 8 nitrogen and oxygen atoms in total. The number of fused-ring (bicyclic) bond motifs is 2. The van der Waals surface area contributed by atoms with E-state index in [9.17, 15) is 4.79 Å². The van der Waals surface area contributed by atoms with Crippen LogP contribution in [0.2, 0.25) is 0 Å². The number of nitrogens with one attached hydrogen (secondary N) is 2. The molecule has 2 aliphatic heterocycles. The van der Waals surface area contributed by atoms with E-state index in [1.54, 1.807) is 26.8 Å². The molecular formula is C26H32N5O3+. The summed E-state index contributed by atoms with van der Waals surface area (Å²) in [6.45, 7) is 7.04. The number of pyridine rings is 1. The van der Waals surface area contributed by atoms with E-state index in [0.29, 0.717) is 17.9 Å². The van der Waals surface area contributed by atoms with E-state index in [0.717, 1.165) is 24.5 Å². The van der Waals surface area contributed by atoms with E-state index in [1.807, 2.05) is 0 Å². The first-order valence-corrected chi connectivity index (χ1v) is 11.8. The van der Waals surface area contributed by atoms with Gasteiger partial charge in [-0.2, -0.15) is 0 Å². The Morgan fingerprint density at radius 3 is 2.85 bits per heavy atom. The summed E-state index contributed by atoms with van der Waals surface area (Å²) in [5.41, 5.74) is 3.68. The number of ether oxygens (including phenoxy) is 1. The monoisotopic (exact) mass is 462 g/mol. The number of amidine groups is 1. The highest BCUT2D eigenvalue weighted by molar-refractivity contribution is 6.04. The van der Waals surface area contributed by atoms with Gasteiger partial charge in [0.2, 0.25) is 5.69 Å². The van der Waals surface area contributed by atoms with Crippen LogP contribution in [0.15, 0.2) is 47.5 Å². The average molecular weight is 463 g/mol. The van der Waals surface area contributed by atoms with E-state index in [-0.39, 0.29) is 5.84 Å². The summed E-state index contributed by atoms with van der Waals surface area (Å²) in [6, 6.07) is 6.81. The fraction of sp³-hybridized carbons (Fsp3) is 0.423. The van der Waals surface area contributed by atoms with Gasteiger partial charge in [-0.3, -0.25) is 10.7 Å². The summed E-state index contributed by atoms with van der Waals surface area (Å²) < 4.78 is 15.3. The molecule has 178 valence electrons. The van der Waals surface area contributed by atoms with Gasteiger partial charge in [0.25, 0.3) is 0 Å². The van der Waals surface area contributed by atoms with Gasteiger partial charge in [-0.1, -0.05) is 0 Å². The molecule has 1 atom stereocenters. The Labute approximate surface area is 199 Å². The predicted molar refractivity (Wildman–Crippen MR) is 129 cm³/mol. The molecule has 8 heteroatoms. The lowest BCUT2D eigenvalue weighted by atomic mass is 9.90. The molecule has 1 amide bonds. The Morgan fingerprint density at radius 2 is 2.15 bits per heavy atom. The molecule has 34 heavy (non-hydrogen) atoms. The van der Waals surface area contributed by atoms with Crippen molar-refractivity contribution in [1.82, 2.24) is 14.8 Å². The molecule has 0 spiro atoms. The maximum Gasteiger partial charge on any atom is 0.413 e. The molecule has 1 saturated heterocycles. The van der Waals surface area contributed by atoms with Crippen molar-refractivity contribution in [2.75, 3.05) is 6.54 Å². The number of carbonyl (C=O) groups is 1. The number of furan rings is 1. The van der Waals surface area contributed by atoms with Gasteiger partial charge in [0, 0.05) is 36.6 Å². The number of hydrogen-bond acceptors (Lipinski definition) is 5. The normalized spacial score (nSPS) is 17.7. The van der Waals surface area contributed by atoms with Gasteiger partial charge in [0.15, 0.2) is 6.20 Å². The third kappa shape index (κ3) is 4.32. The third-order valence-electron chi connectivity index (χ3n) is 6.53. The molecule has 0 aromatic carbocycles. The second-order valence-electron chi connectivity index (χ2n) is 10.2. The second-order valence-corrected chi connectivity index (χ2v) is 10.2. The van der Waals surface area contributed by atoms with Crippen molar-refractivity contribution in [3.05, 3.63) is 60.1 Å². The molecule has 3 aromatic rings. The van der Waals surface area contributed by atoms with E-state index in [2.05, 4.69) is 57.1 Å². The zero-order chi connectivity index (χ0) is 24.0. The quantitative estimate of drug-likeness (QED) is 0.346. The van der Waals surface area contributed by atoms with E-state index >= 15 is 0 Å². The summed E-state index contributed by atoms with van der Waals surface area (Å²) >= 11 is 0. The van der Waals surface area contributed by atoms with Gasteiger partial charge in [0.05, 0.1) is 23.0 Å². The summed E-state index contributed by atoms with van der Waals surface area (Å²) in [7, 11) is 2.11. The van der Waals surface area contributed by atoms with Gasteiger partial charge in [-0.05, 0) is 52.2 Å². The topological polar surface area (TPSA) is 87.4 Å². The number of hydrogen-bond donors (Lipinski definition) is 2. The lowest BCUT2D eigenvalue weighted by Crippen LogP contribution is -2.46. The molecule has 0 saturated carbocycles. The van der Waals surface area contributed by atoms with Crippen molar-refractivity contribution in [3.63, 3.8) is 0 Å². The van der Waals surface area contributed by atoms with Gasteiger partial charge in [-0.15, -0.1) is 0 Å². The van der Waals surface area contributed by atoms with Gasteiger partial charge in [0.1, 0.15) is 30.5 Å². The summed E-state index contributed by atoms with van der Waals surface area (Å²) in [4.78, 5) is 14.4. The van der Waals surface area contributed by atoms with Crippen molar-refractivity contribution in [2.24, 2.45) is 7.05 Å². The van der Waals surface area contributed by atoms with Crippen molar-refractivity contribution in [2.45, 2.75) is 58.2 Å². The van der Waals surface area contributed by atoms with Crippen molar-refractivity contribution >= 4 is 28.4 Å². The highest BCUT2D eigenvalue weighted by atomic mass is 16.6. The SMILES string of the molecule is C[n+]1ccc2c(ccn2Cc2cc(C(=N)NC(=O)OC(C)(C)C)co2)c1C1=CN2CCC2CC1. The summed E-state index contributed by atoms with van der Waals surface area (Å²) in [6.07, 6.45) is 11.0. The molecule has 1 fully saturated rings. The number of alkyl carbamates (subject to hydrolysis) is 1. The summed E-state index contributed by atoms with van der Waals surface area (Å²) in [5, 5.41) is 11.9. The number of aryl methyl sites for hydroxylation is 1. The summed E-state index contributed by atoms with van der Waals surface area (Å²) in [5.74, 6) is 0.655. The molecule has 3 aromatic heterocycles. The van der Waals surface area contributed by atoms with Gasteiger partial charge in [-0.25, -0.2) is 9.36 Å². The van der Waals surface area contributed by atoms with Crippen molar-refractivity contribution < 1.29 is 18.5 Å². The molecule has 0 aliphatic carbocycles. The number of rotatable bonds is 4. The Kier molecular flexibility index (Phi) is 5.46. The maximum atomic E-state index is 12.0. The van der Waals surface area contributed by atoms with Crippen LogP contribution in [0.1, 0.15) is 57.1 Å². The largest absolute Gasteiger partial charge is 0.467 e. The molecule has 2 N–H and O–H groups in total. The fourth-order valence-corrected chi connectivity index (χ4v) is 4.80. The predicted octanol–water partition coefficient (Wildman–Crippen LogP) is 4.17. The molecule has 5 rings (SSSR count). The van der Waals surface area contributed by atoms with Crippen LogP contribution < -0.4 is 9.88 Å². The van der Waals surface area contributed by atoms with E-state index in [4.69, 9.17) is 14.6 Å². The minimum Gasteiger partial charge on any atom is -0.467 e. The van der Waals surface area contributed by atoms with E-state index in [1.165, 1.54) is 35.8 Å². The molecule has 0 bridgehead atoms. The Morgan fingerprint density at radius 1 is 1.32 bits per heavy atom. The zero-order valence-electron chi connectivity index (χ0n) is 20.2. The van der Waals surface area contributed by atoms with Crippen LogP contribution in [-0.4, -0.2) is 39.6 Å². The molecular weight excluding hydrogens is 430 g/mol. The van der Waals surface area contributed by atoms with Crippen LogP contribution >= 0.6 is 0 Å². The maximum absolute atomic E-state index is 12.0. The van der Waals surface area contributed by atoms with Crippen LogP contribution in [0.25, 0.3) is 16.5 Å². The Hall–Kier alpha value is -3.55. The number of carbonyl (C=O) groups excluding carboxylic acids is 1. The molecule has 1 unspecified atom stereocenters. The van der Waals surface area contributed by atoms with E-state index < -0.39 is 11.7 Å². The number of allylic oxidation sites excluding steroid dienone is 1. The minimum atomic E-state index is -0.654. The molecule has 0 radical (unpaired) electrons. The van der Waals surface area contributed by atoms with Gasteiger partial charge >= 0.3 is 6.09 Å². The number of aromatic nitrogens is 2. The smallest absolute Gasteiger partial charge is 0.413 e. The minimum absolute atomic E-state index is 0.0514. The molecule has 5 heterocycles. The Balaban J connectivity index is 1.35. The highest BCUT2D eigenvalue weighted by Gasteiger charge is 2.32. The number of nitrogens with zero attached hydrogens (tertiary/aromatic N) is 3. The van der Waals surface area contributed by atoms with Gasteiger partial charge < -0.3 is 18.6 Å².